The fraction of sp³-hybridized carbons (Fsp3) is 0.577. The van der Waals surface area contributed by atoms with Crippen molar-refractivity contribution in [2.75, 3.05) is 57.0 Å². The molecule has 1 aromatic carbocycles. The minimum Gasteiger partial charge on any atom is -0.373 e. The summed E-state index contributed by atoms with van der Waals surface area (Å²) in [6, 6.07) is 8.63. The van der Waals surface area contributed by atoms with Crippen LogP contribution in [0.15, 0.2) is 24.3 Å². The molecule has 1 N–H and O–H groups in total. The first-order valence-corrected chi connectivity index (χ1v) is 12.5. The van der Waals surface area contributed by atoms with Gasteiger partial charge in [0.2, 0.25) is 5.91 Å². The molecule has 0 spiro atoms. The standard InChI is InChI=1S/C26H36N6O/c1-27-26-21-11-15-30(2)18-22(21)28-25(29-26)20-9-6-14-32(17-20)24(33)12-16-31-13-5-8-19-7-3-4-10-23(19)31/h3-4,7,10,20H,5-6,8-9,11-18H2,1-2H3,(H,27,28,29)/t20-/m0/s1. The molecule has 0 aliphatic carbocycles. The quantitative estimate of drug-likeness (QED) is 0.759. The first-order valence-electron chi connectivity index (χ1n) is 12.5. The van der Waals surface area contributed by atoms with E-state index in [-0.39, 0.29) is 11.8 Å². The van der Waals surface area contributed by atoms with Crippen LogP contribution in [0.4, 0.5) is 11.5 Å². The lowest BCUT2D eigenvalue weighted by molar-refractivity contribution is -0.132. The number of para-hydroxylation sites is 1. The summed E-state index contributed by atoms with van der Waals surface area (Å²) in [4.78, 5) is 29.8. The van der Waals surface area contributed by atoms with Gasteiger partial charge >= 0.3 is 0 Å². The number of anilines is 2. The molecule has 0 radical (unpaired) electrons. The molecule has 3 aliphatic heterocycles. The number of nitrogens with one attached hydrogen (secondary N) is 1. The monoisotopic (exact) mass is 448 g/mol. The van der Waals surface area contributed by atoms with Gasteiger partial charge in [-0.2, -0.15) is 0 Å². The number of carbonyl (C=O) groups excluding carboxylic acids is 1. The number of rotatable bonds is 5. The third-order valence-corrected chi connectivity index (χ3v) is 7.45. The number of nitrogens with zero attached hydrogens (tertiary/aromatic N) is 5. The average molecular weight is 449 g/mol. The minimum atomic E-state index is 0.211. The second kappa shape index (κ2) is 9.67. The predicted molar refractivity (Wildman–Crippen MR) is 132 cm³/mol. The molecular weight excluding hydrogens is 412 g/mol. The molecule has 2 aromatic rings. The van der Waals surface area contributed by atoms with Crippen molar-refractivity contribution in [2.45, 2.75) is 51.0 Å². The van der Waals surface area contributed by atoms with Crippen molar-refractivity contribution >= 4 is 17.4 Å². The van der Waals surface area contributed by atoms with Crippen LogP contribution >= 0.6 is 0 Å². The normalized spacial score (nSPS) is 20.8. The van der Waals surface area contributed by atoms with Crippen molar-refractivity contribution in [3.63, 3.8) is 0 Å². The number of piperidine rings is 1. The van der Waals surface area contributed by atoms with Gasteiger partial charge in [-0.15, -0.1) is 0 Å². The maximum Gasteiger partial charge on any atom is 0.224 e. The Hall–Kier alpha value is -2.67. The van der Waals surface area contributed by atoms with E-state index >= 15 is 0 Å². The van der Waals surface area contributed by atoms with E-state index in [1.807, 2.05) is 7.05 Å². The Morgan fingerprint density at radius 2 is 2.00 bits per heavy atom. The van der Waals surface area contributed by atoms with Crippen LogP contribution in [0.5, 0.6) is 0 Å². The minimum absolute atomic E-state index is 0.211. The summed E-state index contributed by atoms with van der Waals surface area (Å²) >= 11 is 0. The van der Waals surface area contributed by atoms with Crippen LogP contribution in [0.3, 0.4) is 0 Å². The maximum atomic E-state index is 13.2. The molecule has 1 amide bonds. The van der Waals surface area contributed by atoms with Gasteiger partial charge in [0.05, 0.1) is 5.69 Å². The molecule has 1 aromatic heterocycles. The number of aryl methyl sites for hydroxylation is 1. The summed E-state index contributed by atoms with van der Waals surface area (Å²) < 4.78 is 0. The first kappa shape index (κ1) is 22.1. The van der Waals surface area contributed by atoms with Crippen molar-refractivity contribution in [1.82, 2.24) is 19.8 Å². The Morgan fingerprint density at radius 3 is 2.88 bits per heavy atom. The smallest absolute Gasteiger partial charge is 0.224 e. The van der Waals surface area contributed by atoms with Crippen molar-refractivity contribution in [3.8, 4) is 0 Å². The molecule has 7 heteroatoms. The molecule has 5 rings (SSSR count). The Labute approximate surface area is 197 Å². The third-order valence-electron chi connectivity index (χ3n) is 7.45. The summed E-state index contributed by atoms with van der Waals surface area (Å²) in [5.41, 5.74) is 5.11. The van der Waals surface area contributed by atoms with Crippen LogP contribution in [0.25, 0.3) is 0 Å². The van der Waals surface area contributed by atoms with E-state index < -0.39 is 0 Å². The molecular formula is C26H36N6O. The van der Waals surface area contributed by atoms with Gasteiger partial charge in [-0.25, -0.2) is 9.97 Å². The first-order chi connectivity index (χ1) is 16.1. The number of likely N-dealkylation sites (tertiary alicyclic amines) is 1. The zero-order valence-corrected chi connectivity index (χ0v) is 20.0. The highest BCUT2D eigenvalue weighted by atomic mass is 16.2. The summed E-state index contributed by atoms with van der Waals surface area (Å²) in [7, 11) is 4.09. The number of hydrogen-bond donors (Lipinski definition) is 1. The zero-order chi connectivity index (χ0) is 22.8. The predicted octanol–water partition coefficient (Wildman–Crippen LogP) is 3.06. The lowest BCUT2D eigenvalue weighted by Crippen LogP contribution is -2.41. The summed E-state index contributed by atoms with van der Waals surface area (Å²) in [5.74, 6) is 2.34. The third kappa shape index (κ3) is 4.69. The van der Waals surface area contributed by atoms with Crippen LogP contribution in [0.2, 0.25) is 0 Å². The molecule has 33 heavy (non-hydrogen) atoms. The summed E-state index contributed by atoms with van der Waals surface area (Å²) in [6.07, 6.45) is 5.91. The molecule has 0 unspecified atom stereocenters. The number of carbonyl (C=O) groups is 1. The Kier molecular flexibility index (Phi) is 6.49. The van der Waals surface area contributed by atoms with E-state index in [1.54, 1.807) is 0 Å². The van der Waals surface area contributed by atoms with Crippen LogP contribution in [0, 0.1) is 0 Å². The lowest BCUT2D eigenvalue weighted by Gasteiger charge is -2.35. The lowest BCUT2D eigenvalue weighted by atomic mass is 9.95. The molecule has 0 bridgehead atoms. The number of hydrogen-bond acceptors (Lipinski definition) is 6. The highest BCUT2D eigenvalue weighted by molar-refractivity contribution is 5.77. The van der Waals surface area contributed by atoms with E-state index in [9.17, 15) is 4.79 Å². The van der Waals surface area contributed by atoms with Crippen LogP contribution in [0.1, 0.15) is 54.2 Å². The van der Waals surface area contributed by atoms with Gasteiger partial charge in [0.15, 0.2) is 0 Å². The molecule has 7 nitrogen and oxygen atoms in total. The van der Waals surface area contributed by atoms with Crippen molar-refractivity contribution in [1.29, 1.82) is 0 Å². The Morgan fingerprint density at radius 1 is 1.12 bits per heavy atom. The van der Waals surface area contributed by atoms with Gasteiger partial charge in [-0.1, -0.05) is 18.2 Å². The van der Waals surface area contributed by atoms with Gasteiger partial charge in [-0.3, -0.25) is 4.79 Å². The van der Waals surface area contributed by atoms with E-state index in [0.717, 1.165) is 88.7 Å². The molecule has 1 saturated heterocycles. The van der Waals surface area contributed by atoms with Crippen molar-refractivity contribution in [2.24, 2.45) is 0 Å². The van der Waals surface area contributed by atoms with E-state index in [1.165, 1.54) is 16.8 Å². The number of likely N-dealkylation sites (N-methyl/N-ethyl adjacent to an activating group) is 1. The van der Waals surface area contributed by atoms with E-state index in [0.29, 0.717) is 6.42 Å². The largest absolute Gasteiger partial charge is 0.373 e. The van der Waals surface area contributed by atoms with Crippen molar-refractivity contribution in [3.05, 3.63) is 46.9 Å². The van der Waals surface area contributed by atoms with Gasteiger partial charge in [0.25, 0.3) is 0 Å². The highest BCUT2D eigenvalue weighted by Crippen LogP contribution is 2.30. The molecule has 176 valence electrons. The van der Waals surface area contributed by atoms with E-state index in [2.05, 4.69) is 51.3 Å². The molecule has 4 heterocycles. The van der Waals surface area contributed by atoms with E-state index in [4.69, 9.17) is 9.97 Å². The second-order valence-electron chi connectivity index (χ2n) is 9.74. The SMILES string of the molecule is CNc1nc([C@H]2CCCN(C(=O)CCN3CCCc4ccccc43)C2)nc2c1CCN(C)C2. The summed E-state index contributed by atoms with van der Waals surface area (Å²) in [6.45, 7) is 5.31. The van der Waals surface area contributed by atoms with Gasteiger partial charge in [0.1, 0.15) is 11.6 Å². The average Bonchev–Trinajstić information content (AvgIpc) is 2.86. The molecule has 3 aliphatic rings. The number of aromatic nitrogens is 2. The summed E-state index contributed by atoms with van der Waals surface area (Å²) in [5, 5.41) is 3.29. The second-order valence-corrected chi connectivity index (χ2v) is 9.74. The number of fused-ring (bicyclic) bond motifs is 2. The van der Waals surface area contributed by atoms with Crippen LogP contribution < -0.4 is 10.2 Å². The topological polar surface area (TPSA) is 64.6 Å². The Balaban J connectivity index is 1.25. The van der Waals surface area contributed by atoms with Gasteiger partial charge < -0.3 is 20.0 Å². The Bertz CT molecular complexity index is 1010. The zero-order valence-electron chi connectivity index (χ0n) is 20.0. The molecule has 1 atom stereocenters. The van der Waals surface area contributed by atoms with Crippen LogP contribution in [-0.4, -0.2) is 72.5 Å². The fourth-order valence-electron chi connectivity index (χ4n) is 5.62. The highest BCUT2D eigenvalue weighted by Gasteiger charge is 2.29. The van der Waals surface area contributed by atoms with Crippen molar-refractivity contribution < 1.29 is 4.79 Å². The van der Waals surface area contributed by atoms with Gasteiger partial charge in [-0.05, 0) is 50.8 Å². The fourth-order valence-corrected chi connectivity index (χ4v) is 5.62. The number of benzene rings is 1. The molecule has 1 fully saturated rings. The maximum absolute atomic E-state index is 13.2. The molecule has 0 saturated carbocycles. The van der Waals surface area contributed by atoms with Gasteiger partial charge in [0, 0.05) is 69.9 Å². The number of amides is 1. The van der Waals surface area contributed by atoms with Crippen LogP contribution in [-0.2, 0) is 24.2 Å².